The van der Waals surface area contributed by atoms with Crippen molar-refractivity contribution in [3.63, 3.8) is 0 Å². The van der Waals surface area contributed by atoms with E-state index in [2.05, 4.69) is 20.4 Å². The monoisotopic (exact) mass is 318 g/mol. The summed E-state index contributed by atoms with van der Waals surface area (Å²) in [6.07, 6.45) is 2.58. The molecule has 0 spiro atoms. The Balaban J connectivity index is 1.72. The van der Waals surface area contributed by atoms with Crippen LogP contribution in [0.1, 0.15) is 23.7 Å². The first-order valence-corrected chi connectivity index (χ1v) is 7.97. The Kier molecular flexibility index (Phi) is 5.05. The quantitative estimate of drug-likeness (QED) is 0.758. The summed E-state index contributed by atoms with van der Waals surface area (Å²) >= 11 is 0. The van der Waals surface area contributed by atoms with Crippen molar-refractivity contribution in [2.24, 2.45) is 5.92 Å². The molecule has 1 aliphatic rings. The molecule has 0 radical (unpaired) electrons. The molecule has 0 saturated carbocycles. The van der Waals surface area contributed by atoms with E-state index in [1.165, 1.54) is 6.07 Å². The van der Waals surface area contributed by atoms with Crippen molar-refractivity contribution in [1.29, 1.82) is 0 Å². The lowest BCUT2D eigenvalue weighted by molar-refractivity contribution is 0.151. The molecule has 3 rings (SSSR count). The minimum Gasteiger partial charge on any atom is -0.395 e. The molecule has 23 heavy (non-hydrogen) atoms. The Morgan fingerprint density at radius 3 is 2.91 bits per heavy atom. The number of likely N-dealkylation sites (tertiary alicyclic amines) is 1. The number of nitrogens with one attached hydrogen (secondary N) is 2. The molecule has 0 bridgehead atoms. The third-order valence-corrected chi connectivity index (χ3v) is 4.75. The lowest BCUT2D eigenvalue weighted by atomic mass is 9.92. The van der Waals surface area contributed by atoms with Gasteiger partial charge in [0, 0.05) is 42.6 Å². The van der Waals surface area contributed by atoms with Gasteiger partial charge in [0.25, 0.3) is 0 Å². The van der Waals surface area contributed by atoms with Crippen molar-refractivity contribution in [1.82, 2.24) is 20.4 Å². The summed E-state index contributed by atoms with van der Waals surface area (Å²) in [6.45, 7) is 1.56. The number of hydrogen-bond acceptors (Lipinski definition) is 4. The smallest absolute Gasteiger partial charge is 0.127 e. The van der Waals surface area contributed by atoms with Crippen LogP contribution in [0.3, 0.4) is 0 Å². The molecule has 1 aromatic carbocycles. The van der Waals surface area contributed by atoms with E-state index in [1.807, 2.05) is 25.2 Å². The number of aromatic nitrogens is 2. The topological polar surface area (TPSA) is 64.2 Å². The van der Waals surface area contributed by atoms with Gasteiger partial charge in [-0.1, -0.05) is 18.2 Å². The van der Waals surface area contributed by atoms with Gasteiger partial charge in [0.1, 0.15) is 5.82 Å². The maximum Gasteiger partial charge on any atom is 0.127 e. The van der Waals surface area contributed by atoms with Crippen molar-refractivity contribution in [3.8, 4) is 0 Å². The van der Waals surface area contributed by atoms with Gasteiger partial charge in [-0.15, -0.1) is 0 Å². The summed E-state index contributed by atoms with van der Waals surface area (Å²) in [4.78, 5) is 2.10. The van der Waals surface area contributed by atoms with E-state index < -0.39 is 0 Å². The number of aliphatic hydroxyl groups excluding tert-OH is 1. The molecule has 1 saturated heterocycles. The lowest BCUT2D eigenvalue weighted by Crippen LogP contribution is -2.32. The summed E-state index contributed by atoms with van der Waals surface area (Å²) in [5.74, 6) is 0.0680. The number of hydrogen-bond donors (Lipinski definition) is 3. The third kappa shape index (κ3) is 3.44. The van der Waals surface area contributed by atoms with E-state index in [4.69, 9.17) is 0 Å². The molecule has 3 atom stereocenters. The molecule has 2 aromatic rings. The second kappa shape index (κ2) is 7.21. The van der Waals surface area contributed by atoms with Crippen molar-refractivity contribution in [2.45, 2.75) is 25.0 Å². The molecule has 1 fully saturated rings. The van der Waals surface area contributed by atoms with Gasteiger partial charge in [-0.2, -0.15) is 5.10 Å². The van der Waals surface area contributed by atoms with Gasteiger partial charge in [-0.25, -0.2) is 4.39 Å². The first-order chi connectivity index (χ1) is 11.2. The van der Waals surface area contributed by atoms with Gasteiger partial charge in [-0.05, 0) is 31.5 Å². The molecule has 3 N–H and O–H groups in total. The predicted molar refractivity (Wildman–Crippen MR) is 86.2 cm³/mol. The number of halogens is 1. The van der Waals surface area contributed by atoms with Gasteiger partial charge < -0.3 is 10.4 Å². The van der Waals surface area contributed by atoms with Gasteiger partial charge in [0.2, 0.25) is 0 Å². The molecule has 1 aromatic heterocycles. The highest BCUT2D eigenvalue weighted by atomic mass is 19.1. The summed E-state index contributed by atoms with van der Waals surface area (Å²) in [5, 5.41) is 19.9. The Hall–Kier alpha value is -1.76. The Morgan fingerprint density at radius 1 is 1.39 bits per heavy atom. The van der Waals surface area contributed by atoms with Gasteiger partial charge in [0.15, 0.2) is 0 Å². The highest BCUT2D eigenvalue weighted by Gasteiger charge is 2.40. The minimum absolute atomic E-state index is 0.0254. The van der Waals surface area contributed by atoms with Gasteiger partial charge in [-0.3, -0.25) is 10.00 Å². The van der Waals surface area contributed by atoms with E-state index >= 15 is 0 Å². The largest absolute Gasteiger partial charge is 0.395 e. The maximum absolute atomic E-state index is 14.2. The Morgan fingerprint density at radius 2 is 2.22 bits per heavy atom. The number of H-pyrrole nitrogens is 1. The Bertz CT molecular complexity index is 619. The van der Waals surface area contributed by atoms with Crippen LogP contribution in [0.4, 0.5) is 4.39 Å². The third-order valence-electron chi connectivity index (χ3n) is 4.75. The average molecular weight is 318 g/mol. The molecule has 5 nitrogen and oxygen atoms in total. The number of aliphatic hydroxyl groups is 1. The SMILES string of the molecule is CN1[C@H](CO)C[C@H](CNCc2ccn[nH]2)[C@@H]1c1ccccc1F. The number of benzene rings is 1. The van der Waals surface area contributed by atoms with Gasteiger partial charge in [0.05, 0.1) is 6.61 Å². The van der Waals surface area contributed by atoms with Crippen molar-refractivity contribution < 1.29 is 9.50 Å². The van der Waals surface area contributed by atoms with Crippen LogP contribution < -0.4 is 5.32 Å². The fourth-order valence-electron chi connectivity index (χ4n) is 3.57. The fraction of sp³-hybridized carbons (Fsp3) is 0.471. The van der Waals surface area contributed by atoms with Crippen molar-refractivity contribution >= 4 is 0 Å². The zero-order chi connectivity index (χ0) is 16.2. The second-order valence-corrected chi connectivity index (χ2v) is 6.18. The summed E-state index contributed by atoms with van der Waals surface area (Å²) in [7, 11) is 1.97. The van der Waals surface area contributed by atoms with Crippen LogP contribution in [0.15, 0.2) is 36.5 Å². The molecule has 2 heterocycles. The predicted octanol–water partition coefficient (Wildman–Crippen LogP) is 1.69. The summed E-state index contributed by atoms with van der Waals surface area (Å²) in [6, 6.07) is 8.90. The fourth-order valence-corrected chi connectivity index (χ4v) is 3.57. The Labute approximate surface area is 135 Å². The van der Waals surface area contributed by atoms with Gasteiger partial charge >= 0.3 is 0 Å². The number of aromatic amines is 1. The molecular formula is C17H23FN4O. The maximum atomic E-state index is 14.2. The zero-order valence-electron chi connectivity index (χ0n) is 13.2. The highest BCUT2D eigenvalue weighted by molar-refractivity contribution is 5.24. The molecule has 1 aliphatic heterocycles. The standard InChI is InChI=1S/C17H23FN4O/c1-22-14(11-23)8-12(9-19-10-13-6-7-20-21-13)17(22)15-4-2-3-5-16(15)18/h2-7,12,14,17,19,23H,8-11H2,1H3,(H,20,21)/t12-,14+,17-/m1/s1. The number of rotatable bonds is 6. The zero-order valence-corrected chi connectivity index (χ0v) is 13.2. The molecular weight excluding hydrogens is 295 g/mol. The first kappa shape index (κ1) is 16.1. The van der Waals surface area contributed by atoms with Crippen molar-refractivity contribution in [2.75, 3.05) is 20.2 Å². The minimum atomic E-state index is -0.179. The number of likely N-dealkylation sites (N-methyl/N-ethyl adjacent to an activating group) is 1. The van der Waals surface area contributed by atoms with Crippen LogP contribution in [-0.2, 0) is 6.54 Å². The molecule has 0 amide bonds. The van der Waals surface area contributed by atoms with Crippen LogP contribution in [0.2, 0.25) is 0 Å². The average Bonchev–Trinajstić information content (AvgIpc) is 3.17. The van der Waals surface area contributed by atoms with Crippen LogP contribution in [0.25, 0.3) is 0 Å². The highest BCUT2D eigenvalue weighted by Crippen LogP contribution is 2.40. The van der Waals surface area contributed by atoms with E-state index in [0.29, 0.717) is 12.1 Å². The molecule has 124 valence electrons. The van der Waals surface area contributed by atoms with E-state index in [1.54, 1.807) is 12.3 Å². The van der Waals surface area contributed by atoms with E-state index in [9.17, 15) is 9.50 Å². The number of nitrogens with zero attached hydrogens (tertiary/aromatic N) is 2. The summed E-state index contributed by atoms with van der Waals surface area (Å²) < 4.78 is 14.2. The van der Waals surface area contributed by atoms with E-state index in [0.717, 1.165) is 18.7 Å². The lowest BCUT2D eigenvalue weighted by Gasteiger charge is -2.28. The molecule has 0 aliphatic carbocycles. The van der Waals surface area contributed by atoms with Crippen molar-refractivity contribution in [3.05, 3.63) is 53.6 Å². The van der Waals surface area contributed by atoms with E-state index in [-0.39, 0.29) is 30.4 Å². The summed E-state index contributed by atoms with van der Waals surface area (Å²) in [5.41, 5.74) is 1.73. The molecule has 0 unspecified atom stereocenters. The van der Waals surface area contributed by atoms with Crippen LogP contribution in [0, 0.1) is 11.7 Å². The van der Waals surface area contributed by atoms with Crippen LogP contribution in [-0.4, -0.2) is 46.4 Å². The molecule has 6 heteroatoms. The van der Waals surface area contributed by atoms with Crippen LogP contribution >= 0.6 is 0 Å². The second-order valence-electron chi connectivity index (χ2n) is 6.18. The first-order valence-electron chi connectivity index (χ1n) is 7.97. The van der Waals surface area contributed by atoms with Crippen LogP contribution in [0.5, 0.6) is 0 Å². The normalized spacial score (nSPS) is 25.1.